The second-order valence-electron chi connectivity index (χ2n) is 7.02. The van der Waals surface area contributed by atoms with Crippen LogP contribution < -0.4 is 15.5 Å². The molecular formula is C26H25N3O4. The van der Waals surface area contributed by atoms with Crippen LogP contribution in [0.2, 0.25) is 0 Å². The lowest BCUT2D eigenvalue weighted by Crippen LogP contribution is -2.33. The number of hydrazone groups is 1. The third-order valence-electron chi connectivity index (χ3n) is 4.78. The Labute approximate surface area is 192 Å². The molecule has 0 aliphatic heterocycles. The molecule has 2 amide bonds. The highest BCUT2D eigenvalue weighted by Crippen LogP contribution is 2.26. The summed E-state index contributed by atoms with van der Waals surface area (Å²) in [6.07, 6.45) is 6.25. The van der Waals surface area contributed by atoms with Crippen LogP contribution in [0, 0.1) is 12.3 Å². The fourth-order valence-electron chi connectivity index (χ4n) is 3.31. The number of benzene rings is 3. The van der Waals surface area contributed by atoms with Crippen LogP contribution in [0.5, 0.6) is 5.75 Å². The van der Waals surface area contributed by atoms with Crippen LogP contribution in [0.25, 0.3) is 10.8 Å². The lowest BCUT2D eigenvalue weighted by molar-refractivity contribution is -0.121. The van der Waals surface area contributed by atoms with E-state index in [0.717, 1.165) is 16.3 Å². The van der Waals surface area contributed by atoms with Crippen LogP contribution >= 0.6 is 0 Å². The average molecular weight is 444 g/mol. The molecule has 0 spiro atoms. The van der Waals surface area contributed by atoms with Crippen molar-refractivity contribution >= 4 is 29.0 Å². The van der Waals surface area contributed by atoms with Crippen molar-refractivity contribution in [1.82, 2.24) is 10.7 Å². The Kier molecular flexibility index (Phi) is 8.43. The van der Waals surface area contributed by atoms with Crippen LogP contribution in [0.4, 0.5) is 4.79 Å². The van der Waals surface area contributed by atoms with E-state index in [-0.39, 0.29) is 25.5 Å². The second-order valence-corrected chi connectivity index (χ2v) is 7.02. The number of hydrogen-bond donors (Lipinski definition) is 2. The molecule has 33 heavy (non-hydrogen) atoms. The third-order valence-corrected chi connectivity index (χ3v) is 4.78. The number of hydrogen-bond acceptors (Lipinski definition) is 5. The fourth-order valence-corrected chi connectivity index (χ4v) is 3.31. The Morgan fingerprint density at radius 1 is 1.09 bits per heavy atom. The van der Waals surface area contributed by atoms with Crippen molar-refractivity contribution in [2.24, 2.45) is 5.10 Å². The number of nitrogens with one attached hydrogen (secondary N) is 2. The maximum Gasteiger partial charge on any atom is 0.407 e. The van der Waals surface area contributed by atoms with E-state index in [2.05, 4.69) is 21.8 Å². The summed E-state index contributed by atoms with van der Waals surface area (Å²) in [5, 5.41) is 8.75. The maximum absolute atomic E-state index is 12.6. The first-order chi connectivity index (χ1) is 16.1. The van der Waals surface area contributed by atoms with Gasteiger partial charge in [0.25, 0.3) is 0 Å². The minimum absolute atomic E-state index is 0.0177. The summed E-state index contributed by atoms with van der Waals surface area (Å²) in [7, 11) is 0. The molecule has 0 aliphatic carbocycles. The minimum atomic E-state index is -0.589. The first-order valence-electron chi connectivity index (χ1n) is 10.5. The van der Waals surface area contributed by atoms with Gasteiger partial charge in [0.1, 0.15) is 12.4 Å². The highest BCUT2D eigenvalue weighted by Gasteiger charge is 2.19. The van der Waals surface area contributed by atoms with Gasteiger partial charge < -0.3 is 14.8 Å². The number of terminal acetylenes is 1. The Hall–Kier alpha value is -4.31. The van der Waals surface area contributed by atoms with Gasteiger partial charge in [-0.15, -0.1) is 6.42 Å². The summed E-state index contributed by atoms with van der Waals surface area (Å²) in [5.74, 6) is 2.64. The zero-order chi connectivity index (χ0) is 23.5. The third kappa shape index (κ3) is 6.58. The normalized spacial score (nSPS) is 11.5. The molecule has 0 bridgehead atoms. The summed E-state index contributed by atoms with van der Waals surface area (Å²) in [6.45, 7) is 2.07. The number of alkyl carbamates (subject to hydrolysis) is 1. The fraction of sp³-hybridized carbons (Fsp3) is 0.192. The van der Waals surface area contributed by atoms with E-state index in [0.29, 0.717) is 11.3 Å². The molecule has 0 fully saturated rings. The number of fused-ring (bicyclic) bond motifs is 1. The molecule has 1 atom stereocenters. The summed E-state index contributed by atoms with van der Waals surface area (Å²) >= 11 is 0. The molecule has 3 aromatic rings. The van der Waals surface area contributed by atoms with Crippen LogP contribution in [0.15, 0.2) is 71.8 Å². The summed E-state index contributed by atoms with van der Waals surface area (Å²) < 4.78 is 10.6. The summed E-state index contributed by atoms with van der Waals surface area (Å²) in [4.78, 5) is 24.5. The van der Waals surface area contributed by atoms with Crippen molar-refractivity contribution in [1.29, 1.82) is 0 Å². The van der Waals surface area contributed by atoms with Crippen molar-refractivity contribution in [3.63, 3.8) is 0 Å². The van der Waals surface area contributed by atoms with Gasteiger partial charge >= 0.3 is 6.09 Å². The van der Waals surface area contributed by atoms with Crippen LogP contribution in [-0.2, 0) is 9.53 Å². The molecule has 3 rings (SSSR count). The lowest BCUT2D eigenvalue weighted by atomic mass is 10.0. The minimum Gasteiger partial charge on any atom is -0.480 e. The molecule has 0 saturated heterocycles. The van der Waals surface area contributed by atoms with E-state index >= 15 is 0 Å². The summed E-state index contributed by atoms with van der Waals surface area (Å²) in [5.41, 5.74) is 4.01. The van der Waals surface area contributed by atoms with Crippen molar-refractivity contribution in [3.05, 3.63) is 77.9 Å². The molecule has 0 aromatic heterocycles. The molecule has 168 valence electrons. The van der Waals surface area contributed by atoms with Gasteiger partial charge in [0.15, 0.2) is 0 Å². The number of nitrogens with zero attached hydrogens (tertiary/aromatic N) is 1. The van der Waals surface area contributed by atoms with E-state index in [1.807, 2.05) is 66.7 Å². The number of rotatable bonds is 9. The summed E-state index contributed by atoms with van der Waals surface area (Å²) in [6, 6.07) is 20.1. The van der Waals surface area contributed by atoms with Crippen molar-refractivity contribution in [3.8, 4) is 18.1 Å². The molecule has 7 nitrogen and oxygen atoms in total. The van der Waals surface area contributed by atoms with Crippen LogP contribution in [0.1, 0.15) is 30.5 Å². The Bertz CT molecular complexity index is 1170. The highest BCUT2D eigenvalue weighted by atomic mass is 16.5. The lowest BCUT2D eigenvalue weighted by Gasteiger charge is -2.18. The van der Waals surface area contributed by atoms with Gasteiger partial charge in [-0.2, -0.15) is 5.10 Å². The van der Waals surface area contributed by atoms with Gasteiger partial charge in [-0.3, -0.25) is 4.79 Å². The largest absolute Gasteiger partial charge is 0.480 e. The van der Waals surface area contributed by atoms with Crippen LogP contribution in [0.3, 0.4) is 0 Å². The monoisotopic (exact) mass is 443 g/mol. The zero-order valence-corrected chi connectivity index (χ0v) is 18.3. The molecule has 7 heteroatoms. The van der Waals surface area contributed by atoms with E-state index in [4.69, 9.17) is 15.9 Å². The Balaban J connectivity index is 1.75. The van der Waals surface area contributed by atoms with Gasteiger partial charge in [-0.05, 0) is 29.3 Å². The Morgan fingerprint density at radius 2 is 1.85 bits per heavy atom. The topological polar surface area (TPSA) is 89.0 Å². The predicted molar refractivity (Wildman–Crippen MR) is 128 cm³/mol. The molecule has 0 aliphatic rings. The number of ether oxygens (including phenoxy) is 2. The van der Waals surface area contributed by atoms with Gasteiger partial charge in [-0.25, -0.2) is 10.2 Å². The molecule has 3 aromatic carbocycles. The van der Waals surface area contributed by atoms with Crippen molar-refractivity contribution in [2.75, 3.05) is 13.2 Å². The molecule has 0 radical (unpaired) electrons. The first kappa shape index (κ1) is 23.4. The molecule has 0 heterocycles. The van der Waals surface area contributed by atoms with Gasteiger partial charge in [0.2, 0.25) is 5.91 Å². The standard InChI is InChI=1S/C26H25N3O4/c1-3-16-33-24-15-14-19-10-8-9-13-21(19)22(24)18-27-29-25(30)17-23(28-26(31)32-4-2)20-11-6-5-7-12-20/h1,5-15,18,23H,4,16-17H2,2H3,(H,28,31)(H,29,30)/b27-18-/t23-/m1/s1. The average Bonchev–Trinajstić information content (AvgIpc) is 2.83. The number of carbonyl (C=O) groups is 2. The smallest absolute Gasteiger partial charge is 0.407 e. The molecular weight excluding hydrogens is 418 g/mol. The van der Waals surface area contributed by atoms with Crippen molar-refractivity contribution in [2.45, 2.75) is 19.4 Å². The zero-order valence-electron chi connectivity index (χ0n) is 18.3. The second kappa shape index (κ2) is 11.9. The van der Waals surface area contributed by atoms with E-state index < -0.39 is 12.1 Å². The SMILES string of the molecule is C#CCOc1ccc2ccccc2c1/C=N\NC(=O)C[C@@H](NC(=O)OCC)c1ccccc1. The van der Waals surface area contributed by atoms with Gasteiger partial charge in [-0.1, -0.05) is 66.6 Å². The maximum atomic E-state index is 12.6. The predicted octanol–water partition coefficient (Wildman–Crippen LogP) is 4.18. The number of carbonyl (C=O) groups excluding carboxylic acids is 2. The van der Waals surface area contributed by atoms with E-state index in [1.165, 1.54) is 6.21 Å². The molecule has 2 N–H and O–H groups in total. The highest BCUT2D eigenvalue weighted by molar-refractivity contribution is 6.02. The Morgan fingerprint density at radius 3 is 2.61 bits per heavy atom. The van der Waals surface area contributed by atoms with E-state index in [9.17, 15) is 9.59 Å². The molecule has 0 unspecified atom stereocenters. The quantitative estimate of drug-likeness (QED) is 0.295. The van der Waals surface area contributed by atoms with E-state index in [1.54, 1.807) is 6.92 Å². The van der Waals surface area contributed by atoms with Gasteiger partial charge in [0.05, 0.1) is 25.3 Å². The molecule has 0 saturated carbocycles. The van der Waals surface area contributed by atoms with Crippen LogP contribution in [-0.4, -0.2) is 31.4 Å². The number of amides is 2. The first-order valence-corrected chi connectivity index (χ1v) is 10.5. The van der Waals surface area contributed by atoms with Crippen molar-refractivity contribution < 1.29 is 19.1 Å². The van der Waals surface area contributed by atoms with Gasteiger partial charge in [0, 0.05) is 5.56 Å².